The van der Waals surface area contributed by atoms with Gasteiger partial charge >= 0.3 is 0 Å². The average Bonchev–Trinajstić information content (AvgIpc) is 2.85. The van der Waals surface area contributed by atoms with Crippen molar-refractivity contribution in [2.75, 3.05) is 5.73 Å². The number of benzene rings is 2. The summed E-state index contributed by atoms with van der Waals surface area (Å²) < 4.78 is 0. The van der Waals surface area contributed by atoms with E-state index in [0.29, 0.717) is 5.69 Å². The molecule has 0 unspecified atom stereocenters. The van der Waals surface area contributed by atoms with Crippen LogP contribution in [0.2, 0.25) is 0 Å². The Morgan fingerprint density at radius 1 is 1.05 bits per heavy atom. The third-order valence-electron chi connectivity index (χ3n) is 3.53. The molecule has 20 heavy (non-hydrogen) atoms. The molecule has 3 nitrogen and oxygen atoms in total. The first kappa shape index (κ1) is 12.5. The van der Waals surface area contributed by atoms with Crippen LogP contribution in [0.4, 0.5) is 5.69 Å². The van der Waals surface area contributed by atoms with Crippen molar-refractivity contribution in [3.05, 3.63) is 58.9 Å². The van der Waals surface area contributed by atoms with Gasteiger partial charge in [-0.25, -0.2) is 4.98 Å². The molecule has 0 amide bonds. The number of nitrogens with one attached hydrogen (secondary N) is 1. The first-order valence-electron chi connectivity index (χ1n) is 6.63. The quantitative estimate of drug-likeness (QED) is 0.688. The number of aromatic nitrogens is 2. The van der Waals surface area contributed by atoms with E-state index in [1.54, 1.807) is 0 Å². The van der Waals surface area contributed by atoms with Gasteiger partial charge in [0.05, 0.1) is 11.2 Å². The van der Waals surface area contributed by atoms with E-state index in [4.69, 9.17) is 5.73 Å². The number of para-hydroxylation sites is 1. The number of fused-ring (bicyclic) bond motifs is 1. The zero-order valence-corrected chi connectivity index (χ0v) is 11.6. The molecule has 0 fully saturated rings. The number of aromatic amines is 1. The summed E-state index contributed by atoms with van der Waals surface area (Å²) >= 11 is 0. The van der Waals surface area contributed by atoms with Crippen molar-refractivity contribution in [3.8, 4) is 0 Å². The molecule has 100 valence electrons. The molecule has 0 atom stereocenters. The fourth-order valence-electron chi connectivity index (χ4n) is 2.20. The van der Waals surface area contributed by atoms with Crippen molar-refractivity contribution >= 4 is 28.9 Å². The molecule has 0 aliphatic carbocycles. The smallest absolute Gasteiger partial charge is 0.131 e. The van der Waals surface area contributed by atoms with E-state index in [9.17, 15) is 0 Å². The number of hydrogen-bond donors (Lipinski definition) is 2. The van der Waals surface area contributed by atoms with Gasteiger partial charge in [0, 0.05) is 0 Å². The summed E-state index contributed by atoms with van der Waals surface area (Å²) in [6.07, 6.45) is 4.03. The summed E-state index contributed by atoms with van der Waals surface area (Å²) in [6, 6.07) is 12.2. The molecule has 0 aliphatic rings. The number of nitrogens with zero attached hydrogens (tertiary/aromatic N) is 1. The SMILES string of the molecule is Cc1ccc(/C=C/c2nc3c(N)cccc3[nH]2)cc1C. The van der Waals surface area contributed by atoms with Gasteiger partial charge < -0.3 is 10.7 Å². The monoisotopic (exact) mass is 263 g/mol. The molecule has 0 bridgehead atoms. The summed E-state index contributed by atoms with van der Waals surface area (Å²) in [5, 5.41) is 0. The van der Waals surface area contributed by atoms with Crippen molar-refractivity contribution in [1.29, 1.82) is 0 Å². The molecule has 3 aromatic rings. The van der Waals surface area contributed by atoms with Crippen LogP contribution in [-0.2, 0) is 0 Å². The number of nitrogen functional groups attached to an aromatic ring is 1. The molecule has 3 N–H and O–H groups in total. The van der Waals surface area contributed by atoms with Crippen LogP contribution in [0.3, 0.4) is 0 Å². The van der Waals surface area contributed by atoms with Crippen LogP contribution in [0.25, 0.3) is 23.2 Å². The third kappa shape index (κ3) is 2.30. The van der Waals surface area contributed by atoms with Crippen LogP contribution in [0.1, 0.15) is 22.5 Å². The van der Waals surface area contributed by atoms with Gasteiger partial charge in [-0.05, 0) is 48.7 Å². The zero-order valence-electron chi connectivity index (χ0n) is 11.6. The van der Waals surface area contributed by atoms with Crippen molar-refractivity contribution in [3.63, 3.8) is 0 Å². The highest BCUT2D eigenvalue weighted by Gasteiger charge is 2.02. The fourth-order valence-corrected chi connectivity index (χ4v) is 2.20. The lowest BCUT2D eigenvalue weighted by molar-refractivity contribution is 1.29. The van der Waals surface area contributed by atoms with Crippen LogP contribution >= 0.6 is 0 Å². The molecule has 0 saturated heterocycles. The van der Waals surface area contributed by atoms with Crippen molar-refractivity contribution in [1.82, 2.24) is 9.97 Å². The van der Waals surface area contributed by atoms with Crippen LogP contribution in [0, 0.1) is 13.8 Å². The number of hydrogen-bond acceptors (Lipinski definition) is 2. The normalized spacial score (nSPS) is 11.5. The summed E-state index contributed by atoms with van der Waals surface area (Å²) in [7, 11) is 0. The minimum Gasteiger partial charge on any atom is -0.397 e. The Morgan fingerprint density at radius 2 is 1.90 bits per heavy atom. The third-order valence-corrected chi connectivity index (χ3v) is 3.53. The predicted molar refractivity (Wildman–Crippen MR) is 85.4 cm³/mol. The Morgan fingerprint density at radius 3 is 2.65 bits per heavy atom. The Hall–Kier alpha value is -2.55. The lowest BCUT2D eigenvalue weighted by atomic mass is 10.1. The molecule has 2 aromatic carbocycles. The second-order valence-corrected chi connectivity index (χ2v) is 5.04. The van der Waals surface area contributed by atoms with Crippen molar-refractivity contribution in [2.24, 2.45) is 0 Å². The zero-order chi connectivity index (χ0) is 14.1. The lowest BCUT2D eigenvalue weighted by Gasteiger charge is -2.00. The number of rotatable bonds is 2. The van der Waals surface area contributed by atoms with Gasteiger partial charge in [-0.1, -0.05) is 30.3 Å². The van der Waals surface area contributed by atoms with Gasteiger partial charge in [0.2, 0.25) is 0 Å². The van der Waals surface area contributed by atoms with Gasteiger partial charge in [-0.15, -0.1) is 0 Å². The summed E-state index contributed by atoms with van der Waals surface area (Å²) in [5.41, 5.74) is 12.2. The van der Waals surface area contributed by atoms with E-state index in [1.165, 1.54) is 16.7 Å². The van der Waals surface area contributed by atoms with E-state index in [2.05, 4.69) is 48.1 Å². The first-order chi connectivity index (χ1) is 9.63. The van der Waals surface area contributed by atoms with Crippen molar-refractivity contribution < 1.29 is 0 Å². The number of imidazole rings is 1. The van der Waals surface area contributed by atoms with Gasteiger partial charge in [0.15, 0.2) is 0 Å². The highest BCUT2D eigenvalue weighted by Crippen LogP contribution is 2.19. The second kappa shape index (κ2) is 4.85. The van der Waals surface area contributed by atoms with Crippen molar-refractivity contribution in [2.45, 2.75) is 13.8 Å². The minimum atomic E-state index is 0.699. The van der Waals surface area contributed by atoms with Crippen LogP contribution in [0.15, 0.2) is 36.4 Å². The number of H-pyrrole nitrogens is 1. The lowest BCUT2D eigenvalue weighted by Crippen LogP contribution is -1.84. The maximum atomic E-state index is 5.91. The molecule has 1 aromatic heterocycles. The molecule has 3 heteroatoms. The van der Waals surface area contributed by atoms with E-state index in [-0.39, 0.29) is 0 Å². The number of anilines is 1. The largest absolute Gasteiger partial charge is 0.397 e. The Kier molecular flexibility index (Phi) is 3.03. The molecule has 0 saturated carbocycles. The Balaban J connectivity index is 1.94. The van der Waals surface area contributed by atoms with Crippen LogP contribution < -0.4 is 5.73 Å². The van der Waals surface area contributed by atoms with Crippen LogP contribution in [0.5, 0.6) is 0 Å². The molecule has 3 rings (SSSR count). The van der Waals surface area contributed by atoms with E-state index >= 15 is 0 Å². The van der Waals surface area contributed by atoms with E-state index < -0.39 is 0 Å². The van der Waals surface area contributed by atoms with Gasteiger partial charge in [-0.3, -0.25) is 0 Å². The highest BCUT2D eigenvalue weighted by atomic mass is 14.9. The fraction of sp³-hybridized carbons (Fsp3) is 0.118. The maximum absolute atomic E-state index is 5.91. The minimum absolute atomic E-state index is 0.699. The molecule has 0 spiro atoms. The van der Waals surface area contributed by atoms with Crippen LogP contribution in [-0.4, -0.2) is 9.97 Å². The molecule has 1 heterocycles. The van der Waals surface area contributed by atoms with E-state index in [1.807, 2.05) is 24.3 Å². The summed E-state index contributed by atoms with van der Waals surface area (Å²) in [4.78, 5) is 7.75. The topological polar surface area (TPSA) is 54.7 Å². The van der Waals surface area contributed by atoms with Gasteiger partial charge in [-0.2, -0.15) is 0 Å². The molecular weight excluding hydrogens is 246 g/mol. The number of aryl methyl sites for hydroxylation is 2. The van der Waals surface area contributed by atoms with Gasteiger partial charge in [0.25, 0.3) is 0 Å². The standard InChI is InChI=1S/C17H17N3/c1-11-6-7-13(10-12(11)2)8-9-16-19-15-5-3-4-14(18)17(15)20-16/h3-10H,18H2,1-2H3,(H,19,20)/b9-8+. The van der Waals surface area contributed by atoms with E-state index in [0.717, 1.165) is 16.9 Å². The molecular formula is C17H17N3. The molecule has 0 radical (unpaired) electrons. The Bertz CT molecular complexity index is 797. The summed E-state index contributed by atoms with van der Waals surface area (Å²) in [5.74, 6) is 0.816. The number of nitrogens with two attached hydrogens (primary N) is 1. The second-order valence-electron chi connectivity index (χ2n) is 5.04. The first-order valence-corrected chi connectivity index (χ1v) is 6.63. The van der Waals surface area contributed by atoms with Gasteiger partial charge in [0.1, 0.15) is 11.3 Å². The summed E-state index contributed by atoms with van der Waals surface area (Å²) in [6.45, 7) is 4.24. The predicted octanol–water partition coefficient (Wildman–Crippen LogP) is 3.93. The average molecular weight is 263 g/mol. The highest BCUT2D eigenvalue weighted by molar-refractivity contribution is 5.88. The Labute approximate surface area is 118 Å². The maximum Gasteiger partial charge on any atom is 0.131 e. The molecule has 0 aliphatic heterocycles.